The summed E-state index contributed by atoms with van der Waals surface area (Å²) in [7, 11) is 1.79. The van der Waals surface area contributed by atoms with Crippen LogP contribution in [0, 0.1) is 5.82 Å². The highest BCUT2D eigenvalue weighted by Gasteiger charge is 2.15. The normalized spacial score (nSPS) is 11.2. The van der Waals surface area contributed by atoms with Crippen LogP contribution in [0.3, 0.4) is 0 Å². The number of hydrogen-bond acceptors (Lipinski definition) is 6. The summed E-state index contributed by atoms with van der Waals surface area (Å²) in [4.78, 5) is 15.7. The van der Waals surface area contributed by atoms with Crippen LogP contribution in [-0.4, -0.2) is 31.0 Å². The van der Waals surface area contributed by atoms with Crippen LogP contribution in [0.4, 0.5) is 21.7 Å². The first-order valence-electron chi connectivity index (χ1n) is 7.64. The Kier molecular flexibility index (Phi) is 5.91. The van der Waals surface area contributed by atoms with Gasteiger partial charge in [-0.1, -0.05) is 12.6 Å². The van der Waals surface area contributed by atoms with E-state index in [0.717, 1.165) is 16.5 Å². The molecule has 2 rings (SSSR count). The van der Waals surface area contributed by atoms with Crippen molar-refractivity contribution in [2.24, 2.45) is 11.5 Å². The number of halogens is 1. The van der Waals surface area contributed by atoms with Crippen molar-refractivity contribution in [3.05, 3.63) is 46.1 Å². The molecule has 0 radical (unpaired) electrons. The second kappa shape index (κ2) is 8.11. The molecule has 0 bridgehead atoms. The zero-order valence-electron chi connectivity index (χ0n) is 13.9. The molecular formula is C17H21FN6O. The van der Waals surface area contributed by atoms with Crippen LogP contribution in [0.1, 0.15) is 10.4 Å². The van der Waals surface area contributed by atoms with Crippen molar-refractivity contribution in [3.63, 3.8) is 0 Å². The largest absolute Gasteiger partial charge is 0.393 e. The minimum atomic E-state index is -0.783. The Morgan fingerprint density at radius 1 is 1.36 bits per heavy atom. The van der Waals surface area contributed by atoms with Gasteiger partial charge in [0.15, 0.2) is 11.6 Å². The zero-order chi connectivity index (χ0) is 18.4. The van der Waals surface area contributed by atoms with Crippen molar-refractivity contribution in [2.75, 3.05) is 30.8 Å². The van der Waals surface area contributed by atoms with Crippen LogP contribution < -0.4 is 37.9 Å². The van der Waals surface area contributed by atoms with E-state index in [1.165, 1.54) is 0 Å². The van der Waals surface area contributed by atoms with Crippen LogP contribution in [-0.2, 0) is 0 Å². The van der Waals surface area contributed by atoms with Gasteiger partial charge < -0.3 is 27.4 Å². The fraction of sp³-hybridized carbons (Fsp3) is 0.176. The number of nitrogens with zero attached hydrogens (tertiary/aromatic N) is 1. The first-order chi connectivity index (χ1) is 12.0. The van der Waals surface area contributed by atoms with Gasteiger partial charge in [-0.2, -0.15) is 0 Å². The number of pyridine rings is 1. The van der Waals surface area contributed by atoms with Crippen molar-refractivity contribution < 1.29 is 9.18 Å². The van der Waals surface area contributed by atoms with Crippen LogP contribution in [0.25, 0.3) is 12.8 Å². The summed E-state index contributed by atoms with van der Waals surface area (Å²) in [6.07, 6.45) is 1.81. The van der Waals surface area contributed by atoms with Crippen molar-refractivity contribution in [1.82, 2.24) is 10.3 Å². The molecule has 7 N–H and O–H groups in total. The van der Waals surface area contributed by atoms with Gasteiger partial charge in [0, 0.05) is 32.0 Å². The molecule has 1 amide bonds. The topological polar surface area (TPSA) is 118 Å². The Morgan fingerprint density at radius 2 is 2.12 bits per heavy atom. The van der Waals surface area contributed by atoms with Gasteiger partial charge in [0.2, 0.25) is 0 Å². The minimum absolute atomic E-state index is 0.00654. The maximum absolute atomic E-state index is 14.0. The summed E-state index contributed by atoms with van der Waals surface area (Å²) in [6, 6.07) is 6.47. The van der Waals surface area contributed by atoms with Gasteiger partial charge in [0.25, 0.3) is 5.91 Å². The lowest BCUT2D eigenvalue weighted by Gasteiger charge is -2.13. The molecule has 0 unspecified atom stereocenters. The molecular weight excluding hydrogens is 323 g/mol. The zero-order valence-corrected chi connectivity index (χ0v) is 13.9. The summed E-state index contributed by atoms with van der Waals surface area (Å²) in [5.41, 5.74) is 11.3. The van der Waals surface area contributed by atoms with E-state index < -0.39 is 11.7 Å². The number of primary amides is 1. The van der Waals surface area contributed by atoms with E-state index in [0.29, 0.717) is 18.8 Å². The Hall–Kier alpha value is -3.13. The van der Waals surface area contributed by atoms with Gasteiger partial charge in [-0.05, 0) is 28.6 Å². The molecule has 1 heterocycles. The average Bonchev–Trinajstić information content (AvgIpc) is 2.57. The van der Waals surface area contributed by atoms with E-state index in [1.54, 1.807) is 19.2 Å². The van der Waals surface area contributed by atoms with Gasteiger partial charge in [0.1, 0.15) is 5.82 Å². The van der Waals surface area contributed by atoms with E-state index in [2.05, 4.69) is 27.5 Å². The number of aromatic nitrogens is 1. The molecule has 0 fully saturated rings. The molecule has 8 heteroatoms. The van der Waals surface area contributed by atoms with Crippen molar-refractivity contribution in [2.45, 2.75) is 0 Å². The molecule has 0 saturated carbocycles. The standard InChI is InChI=1S/C17H21FN6O/c1-10-7-12(4-3-11(10)9-21-2)23-16-13(15(20)25)8-14(18)17(24-16)22-6-5-19/h3-4,7-9,21H,1,5-6,19H2,2H3,(H2,20,25)(H2,22,23,24)/b11-9-. The second-order valence-electron chi connectivity index (χ2n) is 5.27. The third-order valence-electron chi connectivity index (χ3n) is 3.38. The average molecular weight is 344 g/mol. The lowest BCUT2D eigenvalue weighted by Crippen LogP contribution is -2.25. The molecule has 0 atom stereocenters. The van der Waals surface area contributed by atoms with Crippen LogP contribution in [0.15, 0.2) is 24.3 Å². The maximum atomic E-state index is 14.0. The highest BCUT2D eigenvalue weighted by Crippen LogP contribution is 2.22. The molecule has 1 aromatic heterocycles. The minimum Gasteiger partial charge on any atom is -0.393 e. The number of anilines is 3. The number of hydrogen-bond donors (Lipinski definition) is 5. The van der Waals surface area contributed by atoms with Gasteiger partial charge in [-0.3, -0.25) is 4.79 Å². The Bertz CT molecular complexity index is 883. The number of amides is 1. The summed E-state index contributed by atoms with van der Waals surface area (Å²) < 4.78 is 14.0. The van der Waals surface area contributed by atoms with Crippen LogP contribution in [0.2, 0.25) is 0 Å². The number of carbonyl (C=O) groups excluding carboxylic acids is 1. The monoisotopic (exact) mass is 344 g/mol. The molecule has 1 aromatic carbocycles. The summed E-state index contributed by atoms with van der Waals surface area (Å²) in [5, 5.41) is 10.4. The van der Waals surface area contributed by atoms with E-state index in [-0.39, 0.29) is 17.2 Å². The third-order valence-corrected chi connectivity index (χ3v) is 3.38. The van der Waals surface area contributed by atoms with Crippen molar-refractivity contribution >= 4 is 36.0 Å². The van der Waals surface area contributed by atoms with Crippen molar-refractivity contribution in [3.8, 4) is 0 Å². The number of nitrogens with one attached hydrogen (secondary N) is 3. The first kappa shape index (κ1) is 18.2. The van der Waals surface area contributed by atoms with Gasteiger partial charge in [0.05, 0.1) is 5.56 Å². The number of rotatable bonds is 7. The lowest BCUT2D eigenvalue weighted by atomic mass is 10.2. The summed E-state index contributed by atoms with van der Waals surface area (Å²) in [6.45, 7) is 4.62. The molecule has 0 aliphatic carbocycles. The Balaban J connectivity index is 2.43. The summed E-state index contributed by atoms with van der Waals surface area (Å²) >= 11 is 0. The smallest absolute Gasteiger partial charge is 0.252 e. The number of benzene rings is 1. The Labute approximate surface area is 144 Å². The van der Waals surface area contributed by atoms with Crippen molar-refractivity contribution in [1.29, 1.82) is 0 Å². The molecule has 0 saturated heterocycles. The molecule has 0 aliphatic heterocycles. The quantitative estimate of drug-likeness (QED) is 0.475. The summed E-state index contributed by atoms with van der Waals surface area (Å²) in [5.74, 6) is -1.31. The molecule has 132 valence electrons. The van der Waals surface area contributed by atoms with E-state index >= 15 is 0 Å². The van der Waals surface area contributed by atoms with Gasteiger partial charge in [-0.25, -0.2) is 9.37 Å². The molecule has 2 aromatic rings. The molecule has 0 aliphatic rings. The second-order valence-corrected chi connectivity index (χ2v) is 5.27. The molecule has 25 heavy (non-hydrogen) atoms. The fourth-order valence-electron chi connectivity index (χ4n) is 2.20. The SMILES string of the molecule is C=c1cc(Nc2nc(NCCN)c(F)cc2C(N)=O)cc/c1=C/NC. The van der Waals surface area contributed by atoms with E-state index in [1.807, 2.05) is 12.3 Å². The number of carbonyl (C=O) groups is 1. The highest BCUT2D eigenvalue weighted by atomic mass is 19.1. The first-order valence-corrected chi connectivity index (χ1v) is 7.64. The Morgan fingerprint density at radius 3 is 2.72 bits per heavy atom. The third kappa shape index (κ3) is 4.45. The maximum Gasteiger partial charge on any atom is 0.252 e. The fourth-order valence-corrected chi connectivity index (χ4v) is 2.20. The van der Waals surface area contributed by atoms with Gasteiger partial charge >= 0.3 is 0 Å². The van der Waals surface area contributed by atoms with E-state index in [9.17, 15) is 9.18 Å². The highest BCUT2D eigenvalue weighted by molar-refractivity contribution is 5.98. The number of nitrogens with two attached hydrogens (primary N) is 2. The predicted octanol–water partition coefficient (Wildman–Crippen LogP) is -0.198. The molecule has 0 spiro atoms. The predicted molar refractivity (Wildman–Crippen MR) is 98.3 cm³/mol. The van der Waals surface area contributed by atoms with Gasteiger partial charge in [-0.15, -0.1) is 0 Å². The van der Waals surface area contributed by atoms with Crippen LogP contribution >= 0.6 is 0 Å². The molecule has 7 nitrogen and oxygen atoms in total. The van der Waals surface area contributed by atoms with E-state index in [4.69, 9.17) is 11.5 Å². The lowest BCUT2D eigenvalue weighted by molar-refractivity contribution is 0.100. The van der Waals surface area contributed by atoms with Crippen LogP contribution in [0.5, 0.6) is 0 Å².